The molecular weight excluding hydrogens is 248 g/mol. The van der Waals surface area contributed by atoms with E-state index in [1.807, 2.05) is 44.2 Å². The second-order valence-corrected chi connectivity index (χ2v) is 4.85. The summed E-state index contributed by atoms with van der Waals surface area (Å²) in [6, 6.07) is 15.2. The minimum Gasteiger partial charge on any atom is -0.326 e. The van der Waals surface area contributed by atoms with E-state index in [0.717, 1.165) is 11.1 Å². The number of benzene rings is 2. The van der Waals surface area contributed by atoms with Crippen LogP contribution in [0.5, 0.6) is 0 Å². The Morgan fingerprint density at radius 2 is 1.85 bits per heavy atom. The van der Waals surface area contributed by atoms with Gasteiger partial charge in [-0.25, -0.2) is 0 Å². The molecule has 0 atom stereocenters. The number of carbonyl (C=O) groups is 1. The van der Waals surface area contributed by atoms with E-state index < -0.39 is 0 Å². The number of hydrogen-bond acceptors (Lipinski definition) is 2. The lowest BCUT2D eigenvalue weighted by atomic mass is 10.1. The molecule has 0 aliphatic rings. The number of hydrogen-bond donors (Lipinski definition) is 1. The second kappa shape index (κ2) is 6.03. The number of nitrogens with zero attached hydrogens (tertiary/aromatic N) is 1. The van der Waals surface area contributed by atoms with Gasteiger partial charge in [-0.05, 0) is 37.1 Å². The van der Waals surface area contributed by atoms with Crippen molar-refractivity contribution in [3.63, 3.8) is 0 Å². The summed E-state index contributed by atoms with van der Waals surface area (Å²) in [5.41, 5.74) is 4.33. The maximum absolute atomic E-state index is 12.0. The Balaban J connectivity index is 2.08. The number of amides is 1. The van der Waals surface area contributed by atoms with Crippen molar-refractivity contribution >= 4 is 11.6 Å². The molecule has 0 aromatic heterocycles. The van der Waals surface area contributed by atoms with E-state index in [4.69, 9.17) is 5.26 Å². The molecular formula is C17H16N2O. The number of carbonyl (C=O) groups excluding carboxylic acids is 1. The lowest BCUT2D eigenvalue weighted by molar-refractivity contribution is -0.115. The lowest BCUT2D eigenvalue weighted by Crippen LogP contribution is -2.15. The van der Waals surface area contributed by atoms with Gasteiger partial charge in [-0.1, -0.05) is 35.9 Å². The first-order valence-corrected chi connectivity index (χ1v) is 6.44. The fourth-order valence-corrected chi connectivity index (χ4v) is 1.91. The van der Waals surface area contributed by atoms with Crippen molar-refractivity contribution in [3.8, 4) is 6.07 Å². The van der Waals surface area contributed by atoms with Crippen molar-refractivity contribution in [2.45, 2.75) is 20.3 Å². The third kappa shape index (κ3) is 3.46. The zero-order valence-electron chi connectivity index (χ0n) is 11.6. The third-order valence-corrected chi connectivity index (χ3v) is 3.13. The maximum atomic E-state index is 12.0. The van der Waals surface area contributed by atoms with Gasteiger partial charge in [0.25, 0.3) is 0 Å². The molecule has 100 valence electrons. The molecule has 0 saturated carbocycles. The number of nitrogens with one attached hydrogen (secondary N) is 1. The van der Waals surface area contributed by atoms with E-state index in [-0.39, 0.29) is 5.91 Å². The first-order valence-electron chi connectivity index (χ1n) is 6.44. The summed E-state index contributed by atoms with van der Waals surface area (Å²) in [6.07, 6.45) is 0.330. The SMILES string of the molecule is Cc1ccc(CC(=O)Nc2cc(C#N)ccc2C)cc1. The summed E-state index contributed by atoms with van der Waals surface area (Å²) in [7, 11) is 0. The molecule has 0 aliphatic carbocycles. The standard InChI is InChI=1S/C17H16N2O/c1-12-3-6-14(7-4-12)10-17(20)19-16-9-15(11-18)8-5-13(16)2/h3-9H,10H2,1-2H3,(H,19,20). The molecule has 0 heterocycles. The molecule has 3 heteroatoms. The van der Waals surface area contributed by atoms with Crippen molar-refractivity contribution in [1.29, 1.82) is 5.26 Å². The molecule has 0 aliphatic heterocycles. The maximum Gasteiger partial charge on any atom is 0.228 e. The summed E-state index contributed by atoms with van der Waals surface area (Å²) in [4.78, 5) is 12.0. The van der Waals surface area contributed by atoms with Gasteiger partial charge in [0.15, 0.2) is 0 Å². The molecule has 1 N–H and O–H groups in total. The topological polar surface area (TPSA) is 52.9 Å². The molecule has 2 rings (SSSR count). The highest BCUT2D eigenvalue weighted by atomic mass is 16.1. The van der Waals surface area contributed by atoms with E-state index in [9.17, 15) is 4.79 Å². The average Bonchev–Trinajstić information content (AvgIpc) is 2.44. The Labute approximate surface area is 118 Å². The third-order valence-electron chi connectivity index (χ3n) is 3.13. The van der Waals surface area contributed by atoms with Gasteiger partial charge < -0.3 is 5.32 Å². The van der Waals surface area contributed by atoms with Crippen molar-refractivity contribution in [2.75, 3.05) is 5.32 Å². The first-order chi connectivity index (χ1) is 9.58. The fourth-order valence-electron chi connectivity index (χ4n) is 1.91. The van der Waals surface area contributed by atoms with Crippen molar-refractivity contribution < 1.29 is 4.79 Å². The van der Waals surface area contributed by atoms with Crippen LogP contribution in [0, 0.1) is 25.2 Å². The van der Waals surface area contributed by atoms with Gasteiger partial charge in [0.05, 0.1) is 18.1 Å². The van der Waals surface area contributed by atoms with Crippen LogP contribution < -0.4 is 5.32 Å². The molecule has 0 saturated heterocycles. The normalized spacial score (nSPS) is 9.85. The summed E-state index contributed by atoms with van der Waals surface area (Å²) >= 11 is 0. The monoisotopic (exact) mass is 264 g/mol. The van der Waals surface area contributed by atoms with Crippen LogP contribution in [-0.2, 0) is 11.2 Å². The molecule has 20 heavy (non-hydrogen) atoms. The first kappa shape index (κ1) is 13.8. The molecule has 2 aromatic carbocycles. The van der Waals surface area contributed by atoms with E-state index in [0.29, 0.717) is 17.7 Å². The predicted octanol–water partition coefficient (Wildman–Crippen LogP) is 3.36. The van der Waals surface area contributed by atoms with E-state index >= 15 is 0 Å². The summed E-state index contributed by atoms with van der Waals surface area (Å²) < 4.78 is 0. The van der Waals surface area contributed by atoms with E-state index in [1.165, 1.54) is 5.56 Å². The highest BCUT2D eigenvalue weighted by Crippen LogP contribution is 2.17. The second-order valence-electron chi connectivity index (χ2n) is 4.85. The number of anilines is 1. The molecule has 0 unspecified atom stereocenters. The quantitative estimate of drug-likeness (QED) is 0.924. The highest BCUT2D eigenvalue weighted by Gasteiger charge is 2.07. The summed E-state index contributed by atoms with van der Waals surface area (Å²) in [5.74, 6) is -0.0768. The van der Waals surface area contributed by atoms with E-state index in [1.54, 1.807) is 12.1 Å². The van der Waals surface area contributed by atoms with Crippen LogP contribution in [0.15, 0.2) is 42.5 Å². The zero-order chi connectivity index (χ0) is 14.5. The minimum atomic E-state index is -0.0768. The van der Waals surface area contributed by atoms with Crippen LogP contribution in [0.1, 0.15) is 22.3 Å². The van der Waals surface area contributed by atoms with Gasteiger partial charge >= 0.3 is 0 Å². The van der Waals surface area contributed by atoms with Crippen LogP contribution in [0.3, 0.4) is 0 Å². The number of aryl methyl sites for hydroxylation is 2. The number of nitriles is 1. The summed E-state index contributed by atoms with van der Waals surface area (Å²) in [5, 5.41) is 11.7. The molecule has 1 amide bonds. The van der Waals surface area contributed by atoms with E-state index in [2.05, 4.69) is 11.4 Å². The minimum absolute atomic E-state index is 0.0768. The van der Waals surface area contributed by atoms with Gasteiger partial charge in [0, 0.05) is 5.69 Å². The van der Waals surface area contributed by atoms with Crippen LogP contribution in [-0.4, -0.2) is 5.91 Å². The Morgan fingerprint density at radius 1 is 1.15 bits per heavy atom. The van der Waals surface area contributed by atoms with Gasteiger partial charge in [-0.15, -0.1) is 0 Å². The molecule has 0 radical (unpaired) electrons. The van der Waals surface area contributed by atoms with Gasteiger partial charge in [0.1, 0.15) is 0 Å². The smallest absolute Gasteiger partial charge is 0.228 e. The highest BCUT2D eigenvalue weighted by molar-refractivity contribution is 5.93. The average molecular weight is 264 g/mol. The van der Waals surface area contributed by atoms with Crippen molar-refractivity contribution in [2.24, 2.45) is 0 Å². The Hall–Kier alpha value is -2.60. The molecule has 2 aromatic rings. The predicted molar refractivity (Wildman–Crippen MR) is 79.4 cm³/mol. The van der Waals surface area contributed by atoms with Gasteiger partial charge in [-0.2, -0.15) is 5.26 Å². The molecule has 3 nitrogen and oxygen atoms in total. The van der Waals surface area contributed by atoms with Crippen LogP contribution in [0.25, 0.3) is 0 Å². The zero-order valence-corrected chi connectivity index (χ0v) is 11.6. The van der Waals surface area contributed by atoms with Crippen LogP contribution >= 0.6 is 0 Å². The van der Waals surface area contributed by atoms with Crippen LogP contribution in [0.2, 0.25) is 0 Å². The van der Waals surface area contributed by atoms with Gasteiger partial charge in [-0.3, -0.25) is 4.79 Å². The van der Waals surface area contributed by atoms with Crippen molar-refractivity contribution in [3.05, 3.63) is 64.7 Å². The Morgan fingerprint density at radius 3 is 2.50 bits per heavy atom. The fraction of sp³-hybridized carbons (Fsp3) is 0.176. The Bertz CT molecular complexity index is 666. The lowest BCUT2D eigenvalue weighted by Gasteiger charge is -2.09. The largest absolute Gasteiger partial charge is 0.326 e. The van der Waals surface area contributed by atoms with Gasteiger partial charge in [0.2, 0.25) is 5.91 Å². The summed E-state index contributed by atoms with van der Waals surface area (Å²) in [6.45, 7) is 3.92. The van der Waals surface area contributed by atoms with Crippen molar-refractivity contribution in [1.82, 2.24) is 0 Å². The Kier molecular flexibility index (Phi) is 4.17. The van der Waals surface area contributed by atoms with Crippen LogP contribution in [0.4, 0.5) is 5.69 Å². The molecule has 0 spiro atoms. The molecule has 0 fully saturated rings. The molecule has 0 bridgehead atoms. The number of rotatable bonds is 3.